The van der Waals surface area contributed by atoms with E-state index < -0.39 is 30.1 Å². The summed E-state index contributed by atoms with van der Waals surface area (Å²) in [6, 6.07) is 7.71. The lowest BCUT2D eigenvalue weighted by atomic mass is 10.0. The number of benzene rings is 1. The number of amides is 2. The van der Waals surface area contributed by atoms with Gasteiger partial charge in [0.25, 0.3) is 0 Å². The van der Waals surface area contributed by atoms with Crippen LogP contribution in [0.5, 0.6) is 0 Å². The van der Waals surface area contributed by atoms with Gasteiger partial charge in [0, 0.05) is 0 Å². The largest absolute Gasteiger partial charge is 0.467 e. The molecular weight excluding hydrogens is 348 g/mol. The number of alkyl carbamates (subject to hydrolysis) is 1. The van der Waals surface area contributed by atoms with E-state index in [2.05, 4.69) is 10.6 Å². The molecule has 0 aliphatic carbocycles. The van der Waals surface area contributed by atoms with Gasteiger partial charge in [-0.3, -0.25) is 4.79 Å². The van der Waals surface area contributed by atoms with E-state index in [1.807, 2.05) is 37.3 Å². The first-order valence-electron chi connectivity index (χ1n) is 9.24. The summed E-state index contributed by atoms with van der Waals surface area (Å²) in [6.07, 6.45) is 1.47. The molecule has 1 aromatic carbocycles. The Bertz CT molecular complexity index is 604. The van der Waals surface area contributed by atoms with Gasteiger partial charge < -0.3 is 20.1 Å². The molecule has 1 aromatic rings. The fraction of sp³-hybridized carbons (Fsp3) is 0.550. The molecule has 27 heavy (non-hydrogen) atoms. The molecule has 7 heteroatoms. The molecule has 1 rings (SSSR count). The molecule has 0 aliphatic rings. The highest BCUT2D eigenvalue weighted by atomic mass is 16.5. The zero-order valence-corrected chi connectivity index (χ0v) is 16.5. The first-order valence-corrected chi connectivity index (χ1v) is 9.24. The predicted octanol–water partition coefficient (Wildman–Crippen LogP) is 2.79. The van der Waals surface area contributed by atoms with Crippen LogP contribution in [0.1, 0.15) is 45.6 Å². The molecule has 2 amide bonds. The van der Waals surface area contributed by atoms with Crippen LogP contribution >= 0.6 is 0 Å². The number of rotatable bonds is 10. The molecule has 0 aliphatic heterocycles. The van der Waals surface area contributed by atoms with Gasteiger partial charge in [0.2, 0.25) is 5.91 Å². The van der Waals surface area contributed by atoms with Crippen LogP contribution in [-0.2, 0) is 25.7 Å². The smallest absolute Gasteiger partial charge is 0.408 e. The van der Waals surface area contributed by atoms with Crippen LogP contribution in [0.2, 0.25) is 0 Å². The second-order valence-corrected chi connectivity index (χ2v) is 6.65. The van der Waals surface area contributed by atoms with Gasteiger partial charge in [0.15, 0.2) is 0 Å². The van der Waals surface area contributed by atoms with Crippen LogP contribution in [0.3, 0.4) is 0 Å². The van der Waals surface area contributed by atoms with Crippen LogP contribution in [0, 0.1) is 5.92 Å². The maximum Gasteiger partial charge on any atom is 0.408 e. The summed E-state index contributed by atoms with van der Waals surface area (Å²) in [5.74, 6) is -1.11. The van der Waals surface area contributed by atoms with Gasteiger partial charge in [-0.2, -0.15) is 0 Å². The predicted molar refractivity (Wildman–Crippen MR) is 102 cm³/mol. The van der Waals surface area contributed by atoms with Crippen molar-refractivity contribution in [3.05, 3.63) is 35.9 Å². The van der Waals surface area contributed by atoms with Crippen molar-refractivity contribution < 1.29 is 23.9 Å². The zero-order chi connectivity index (χ0) is 20.2. The van der Waals surface area contributed by atoms with E-state index in [0.29, 0.717) is 6.42 Å². The topological polar surface area (TPSA) is 93.7 Å². The quantitative estimate of drug-likeness (QED) is 0.611. The van der Waals surface area contributed by atoms with Crippen LogP contribution < -0.4 is 10.6 Å². The lowest BCUT2D eigenvalue weighted by molar-refractivity contribution is -0.145. The Morgan fingerprint density at radius 2 is 1.74 bits per heavy atom. The van der Waals surface area contributed by atoms with E-state index in [1.165, 1.54) is 7.11 Å². The van der Waals surface area contributed by atoms with Gasteiger partial charge in [-0.05, 0) is 17.9 Å². The molecule has 0 heterocycles. The van der Waals surface area contributed by atoms with Crippen LogP contribution in [0.15, 0.2) is 30.3 Å². The van der Waals surface area contributed by atoms with E-state index in [9.17, 15) is 14.4 Å². The maximum absolute atomic E-state index is 12.6. The molecule has 0 saturated carbocycles. The van der Waals surface area contributed by atoms with E-state index in [0.717, 1.165) is 18.4 Å². The second kappa shape index (κ2) is 11.9. The van der Waals surface area contributed by atoms with E-state index in [4.69, 9.17) is 9.47 Å². The minimum absolute atomic E-state index is 0.112. The van der Waals surface area contributed by atoms with E-state index in [1.54, 1.807) is 13.8 Å². The highest BCUT2D eigenvalue weighted by Crippen LogP contribution is 2.08. The van der Waals surface area contributed by atoms with Crippen LogP contribution in [-0.4, -0.2) is 37.2 Å². The molecule has 0 saturated heterocycles. The van der Waals surface area contributed by atoms with Crippen molar-refractivity contribution in [2.24, 2.45) is 5.92 Å². The monoisotopic (exact) mass is 378 g/mol. The second-order valence-electron chi connectivity index (χ2n) is 6.65. The van der Waals surface area contributed by atoms with Crippen LogP contribution in [0.25, 0.3) is 0 Å². The summed E-state index contributed by atoms with van der Waals surface area (Å²) >= 11 is 0. The van der Waals surface area contributed by atoms with Gasteiger partial charge in [-0.15, -0.1) is 0 Å². The Morgan fingerprint density at radius 1 is 1.07 bits per heavy atom. The normalized spacial score (nSPS) is 12.8. The highest BCUT2D eigenvalue weighted by Gasteiger charge is 2.29. The number of esters is 1. The van der Waals surface area contributed by atoms with Crippen molar-refractivity contribution in [1.82, 2.24) is 10.6 Å². The Morgan fingerprint density at radius 3 is 2.30 bits per heavy atom. The minimum atomic E-state index is -0.818. The number of unbranched alkanes of at least 4 members (excludes halogenated alkanes) is 1. The molecule has 7 nitrogen and oxygen atoms in total. The molecule has 0 radical (unpaired) electrons. The number of hydrogen-bond acceptors (Lipinski definition) is 5. The van der Waals surface area contributed by atoms with Gasteiger partial charge in [0.05, 0.1) is 7.11 Å². The van der Waals surface area contributed by atoms with Crippen molar-refractivity contribution in [2.45, 2.75) is 58.7 Å². The maximum atomic E-state index is 12.6. The molecule has 0 spiro atoms. The minimum Gasteiger partial charge on any atom is -0.467 e. The zero-order valence-electron chi connectivity index (χ0n) is 16.5. The molecule has 0 aromatic heterocycles. The number of nitrogens with one attached hydrogen (secondary N) is 2. The van der Waals surface area contributed by atoms with Crippen molar-refractivity contribution in [3.63, 3.8) is 0 Å². The Kier molecular flexibility index (Phi) is 9.93. The lowest BCUT2D eigenvalue weighted by Crippen LogP contribution is -2.53. The number of carbonyl (C=O) groups excluding carboxylic acids is 3. The van der Waals surface area contributed by atoms with Crippen molar-refractivity contribution >= 4 is 18.0 Å². The third kappa shape index (κ3) is 8.11. The fourth-order valence-electron chi connectivity index (χ4n) is 2.49. The molecule has 2 N–H and O–H groups in total. The molecule has 0 fully saturated rings. The molecular formula is C20H30N2O5. The standard InChI is InChI=1S/C20H30N2O5/c1-5-6-12-16(19(24)26-4)21-18(23)17(14(2)3)22-20(25)27-13-15-10-8-7-9-11-15/h7-11,14,16-17H,5-6,12-13H2,1-4H3,(H,21,23)(H,22,25)/t16-,17-/m0/s1. The third-order valence-corrected chi connectivity index (χ3v) is 4.08. The van der Waals surface area contributed by atoms with Gasteiger partial charge in [0.1, 0.15) is 18.7 Å². The number of carbonyl (C=O) groups is 3. The fourth-order valence-corrected chi connectivity index (χ4v) is 2.49. The first kappa shape index (κ1) is 22.5. The molecule has 0 unspecified atom stereocenters. The van der Waals surface area contributed by atoms with Gasteiger partial charge in [-0.25, -0.2) is 9.59 Å². The van der Waals surface area contributed by atoms with Gasteiger partial charge >= 0.3 is 12.1 Å². The van der Waals surface area contributed by atoms with Crippen molar-refractivity contribution in [1.29, 1.82) is 0 Å². The first-order chi connectivity index (χ1) is 12.9. The number of ether oxygens (including phenoxy) is 2. The highest BCUT2D eigenvalue weighted by molar-refractivity contribution is 5.89. The van der Waals surface area contributed by atoms with E-state index in [-0.39, 0.29) is 12.5 Å². The van der Waals surface area contributed by atoms with E-state index >= 15 is 0 Å². The number of hydrogen-bond donors (Lipinski definition) is 2. The van der Waals surface area contributed by atoms with Gasteiger partial charge in [-0.1, -0.05) is 63.9 Å². The Labute approximate surface area is 160 Å². The van der Waals surface area contributed by atoms with Crippen molar-refractivity contribution in [2.75, 3.05) is 7.11 Å². The summed E-state index contributed by atoms with van der Waals surface area (Å²) in [6.45, 7) is 5.72. The lowest BCUT2D eigenvalue weighted by Gasteiger charge is -2.24. The summed E-state index contributed by atoms with van der Waals surface area (Å²) in [5, 5.41) is 5.26. The summed E-state index contributed by atoms with van der Waals surface area (Å²) in [5.41, 5.74) is 0.850. The van der Waals surface area contributed by atoms with Crippen molar-refractivity contribution in [3.8, 4) is 0 Å². The Balaban J connectivity index is 2.65. The summed E-state index contributed by atoms with van der Waals surface area (Å²) in [7, 11) is 1.28. The average Bonchev–Trinajstić information content (AvgIpc) is 2.67. The Hall–Kier alpha value is -2.57. The molecule has 2 atom stereocenters. The third-order valence-electron chi connectivity index (χ3n) is 4.08. The molecule has 150 valence electrons. The van der Waals surface area contributed by atoms with Crippen LogP contribution in [0.4, 0.5) is 4.79 Å². The summed E-state index contributed by atoms with van der Waals surface area (Å²) < 4.78 is 9.93. The number of methoxy groups -OCH3 is 1. The molecule has 0 bridgehead atoms. The summed E-state index contributed by atoms with van der Waals surface area (Å²) in [4.78, 5) is 36.6. The SMILES string of the molecule is CCCC[C@H](NC(=O)[C@@H](NC(=O)OCc1ccccc1)C(C)C)C(=O)OC. The average molecular weight is 378 g/mol.